The third kappa shape index (κ3) is 4.63. The Kier molecular flexibility index (Phi) is 4.96. The summed E-state index contributed by atoms with van der Waals surface area (Å²) in [6, 6.07) is 5.62. The summed E-state index contributed by atoms with van der Waals surface area (Å²) in [7, 11) is 0. The first-order valence-corrected chi connectivity index (χ1v) is 10.1. The summed E-state index contributed by atoms with van der Waals surface area (Å²) in [6.45, 7) is 3.28. The van der Waals surface area contributed by atoms with Crippen LogP contribution in [0.15, 0.2) is 24.3 Å². The normalized spacial score (nSPS) is 29.1. The van der Waals surface area contributed by atoms with E-state index in [1.165, 1.54) is 18.2 Å². The molecule has 2 saturated carbocycles. The number of nitrogens with zero attached hydrogens (tertiary/aromatic N) is 1. The molecule has 1 aromatic rings. The van der Waals surface area contributed by atoms with Gasteiger partial charge in [-0.3, -0.25) is 4.79 Å². The van der Waals surface area contributed by atoms with E-state index in [0.717, 1.165) is 38.8 Å². The second-order valence-corrected chi connectivity index (χ2v) is 9.14. The van der Waals surface area contributed by atoms with E-state index in [1.54, 1.807) is 13.0 Å². The van der Waals surface area contributed by atoms with Gasteiger partial charge in [0.15, 0.2) is 0 Å². The minimum absolute atomic E-state index is 0.0479. The Morgan fingerprint density at radius 1 is 1.17 bits per heavy atom. The Bertz CT molecular complexity index is 755. The number of ether oxygens (including phenoxy) is 2. The number of hydrogen-bond donors (Lipinski definition) is 1. The standard InChI is InChI=1S/C21H26F3NO4/c1-19(27)10-14(11-19)18(26)25-12-20(13-25)7-5-15(6-8-20)28-16-3-2-4-17(9-16)29-21(22,23)24/h2-4,9,14-15,27H,5-8,10-13H2,1H3. The summed E-state index contributed by atoms with van der Waals surface area (Å²) in [4.78, 5) is 14.4. The van der Waals surface area contributed by atoms with Crippen molar-refractivity contribution in [3.63, 3.8) is 0 Å². The van der Waals surface area contributed by atoms with Gasteiger partial charge in [-0.1, -0.05) is 6.07 Å². The molecule has 0 unspecified atom stereocenters. The van der Waals surface area contributed by atoms with Crippen molar-refractivity contribution in [1.82, 2.24) is 4.90 Å². The zero-order chi connectivity index (χ0) is 20.9. The number of alkyl halides is 3. The predicted molar refractivity (Wildman–Crippen MR) is 98.4 cm³/mol. The molecule has 160 valence electrons. The van der Waals surface area contributed by atoms with Crippen LogP contribution in [0, 0.1) is 11.3 Å². The van der Waals surface area contributed by atoms with Crippen molar-refractivity contribution in [2.45, 2.75) is 63.5 Å². The molecule has 1 amide bonds. The molecule has 1 saturated heterocycles. The van der Waals surface area contributed by atoms with Gasteiger partial charge >= 0.3 is 6.36 Å². The number of amides is 1. The fourth-order valence-corrected chi connectivity index (χ4v) is 4.93. The van der Waals surface area contributed by atoms with Gasteiger partial charge in [0.25, 0.3) is 0 Å². The van der Waals surface area contributed by atoms with Crippen molar-refractivity contribution >= 4 is 5.91 Å². The lowest BCUT2D eigenvalue weighted by Crippen LogP contribution is -2.63. The molecule has 4 rings (SSSR count). The first-order chi connectivity index (χ1) is 13.5. The first-order valence-electron chi connectivity index (χ1n) is 10.1. The average Bonchev–Trinajstić information content (AvgIpc) is 2.57. The molecule has 1 aliphatic heterocycles. The van der Waals surface area contributed by atoms with Gasteiger partial charge in [0.05, 0.1) is 11.7 Å². The number of carbonyl (C=O) groups excluding carboxylic acids is 1. The van der Waals surface area contributed by atoms with Crippen LogP contribution in [0.5, 0.6) is 11.5 Å². The molecule has 1 spiro atoms. The molecule has 1 heterocycles. The van der Waals surface area contributed by atoms with Gasteiger partial charge in [0.1, 0.15) is 11.5 Å². The van der Waals surface area contributed by atoms with Crippen LogP contribution < -0.4 is 9.47 Å². The Hall–Kier alpha value is -1.96. The third-order valence-electron chi connectivity index (χ3n) is 6.42. The van der Waals surface area contributed by atoms with Crippen molar-refractivity contribution in [1.29, 1.82) is 0 Å². The number of rotatable bonds is 4. The quantitative estimate of drug-likeness (QED) is 0.814. The number of carbonyl (C=O) groups is 1. The summed E-state index contributed by atoms with van der Waals surface area (Å²) in [5, 5.41) is 9.82. The molecular weight excluding hydrogens is 387 g/mol. The highest BCUT2D eigenvalue weighted by atomic mass is 19.4. The summed E-state index contributed by atoms with van der Waals surface area (Å²) in [5.41, 5.74) is -0.552. The zero-order valence-electron chi connectivity index (χ0n) is 16.4. The highest BCUT2D eigenvalue weighted by Crippen LogP contribution is 2.47. The second-order valence-electron chi connectivity index (χ2n) is 9.14. The summed E-state index contributed by atoms with van der Waals surface area (Å²) in [5.74, 6) is 0.191. The first kappa shape index (κ1) is 20.3. The van der Waals surface area contributed by atoms with Crippen LogP contribution in [0.25, 0.3) is 0 Å². The number of hydrogen-bond acceptors (Lipinski definition) is 4. The van der Waals surface area contributed by atoms with E-state index < -0.39 is 12.0 Å². The maximum Gasteiger partial charge on any atom is 0.573 e. The number of halogens is 3. The highest BCUT2D eigenvalue weighted by Gasteiger charge is 2.51. The van der Waals surface area contributed by atoms with E-state index in [2.05, 4.69) is 4.74 Å². The maximum atomic E-state index is 12.5. The average molecular weight is 413 g/mol. The molecule has 1 aromatic carbocycles. The van der Waals surface area contributed by atoms with Gasteiger partial charge in [0.2, 0.25) is 5.91 Å². The van der Waals surface area contributed by atoms with Crippen LogP contribution >= 0.6 is 0 Å². The maximum absolute atomic E-state index is 12.5. The van der Waals surface area contributed by atoms with Gasteiger partial charge in [-0.2, -0.15) is 0 Å². The number of benzene rings is 1. The van der Waals surface area contributed by atoms with Gasteiger partial charge < -0.3 is 19.5 Å². The largest absolute Gasteiger partial charge is 0.573 e. The Labute approximate surface area is 167 Å². The van der Waals surface area contributed by atoms with E-state index >= 15 is 0 Å². The van der Waals surface area contributed by atoms with Crippen molar-refractivity contribution in [3.8, 4) is 11.5 Å². The van der Waals surface area contributed by atoms with E-state index in [9.17, 15) is 23.1 Å². The van der Waals surface area contributed by atoms with Gasteiger partial charge in [0, 0.05) is 30.5 Å². The minimum Gasteiger partial charge on any atom is -0.490 e. The summed E-state index contributed by atoms with van der Waals surface area (Å²) >= 11 is 0. The van der Waals surface area contributed by atoms with Crippen molar-refractivity contribution in [3.05, 3.63) is 24.3 Å². The lowest BCUT2D eigenvalue weighted by Gasteiger charge is -2.55. The van der Waals surface area contributed by atoms with Crippen LogP contribution in [0.1, 0.15) is 45.4 Å². The van der Waals surface area contributed by atoms with Crippen LogP contribution in [0.2, 0.25) is 0 Å². The van der Waals surface area contributed by atoms with Crippen LogP contribution in [0.4, 0.5) is 13.2 Å². The van der Waals surface area contributed by atoms with E-state index in [-0.39, 0.29) is 29.1 Å². The summed E-state index contributed by atoms with van der Waals surface area (Å²) in [6.07, 6.45) is -0.197. The van der Waals surface area contributed by atoms with E-state index in [1.807, 2.05) is 4.90 Å². The molecular formula is C21H26F3NO4. The molecule has 5 nitrogen and oxygen atoms in total. The number of likely N-dealkylation sites (tertiary alicyclic amines) is 1. The highest BCUT2D eigenvalue weighted by molar-refractivity contribution is 5.81. The Balaban J connectivity index is 1.24. The monoisotopic (exact) mass is 413 g/mol. The smallest absolute Gasteiger partial charge is 0.490 e. The van der Waals surface area contributed by atoms with Crippen molar-refractivity contribution < 1.29 is 32.5 Å². The van der Waals surface area contributed by atoms with Crippen LogP contribution in [-0.2, 0) is 4.79 Å². The molecule has 8 heteroatoms. The lowest BCUT2D eigenvalue weighted by molar-refractivity contribution is -0.274. The molecule has 3 aliphatic rings. The fourth-order valence-electron chi connectivity index (χ4n) is 4.93. The third-order valence-corrected chi connectivity index (χ3v) is 6.42. The molecule has 2 aliphatic carbocycles. The molecule has 3 fully saturated rings. The lowest BCUT2D eigenvalue weighted by atomic mass is 9.66. The fraction of sp³-hybridized carbons (Fsp3) is 0.667. The summed E-state index contributed by atoms with van der Waals surface area (Å²) < 4.78 is 46.9. The van der Waals surface area contributed by atoms with Crippen LogP contribution in [-0.4, -0.2) is 47.1 Å². The van der Waals surface area contributed by atoms with E-state index in [4.69, 9.17) is 4.74 Å². The van der Waals surface area contributed by atoms with Gasteiger partial charge in [-0.15, -0.1) is 13.2 Å². The Morgan fingerprint density at radius 2 is 1.79 bits per heavy atom. The zero-order valence-corrected chi connectivity index (χ0v) is 16.4. The molecule has 29 heavy (non-hydrogen) atoms. The molecule has 1 N–H and O–H groups in total. The van der Waals surface area contributed by atoms with E-state index in [0.29, 0.717) is 18.6 Å². The SMILES string of the molecule is CC1(O)CC(C(=O)N2CC3(CCC(Oc4cccc(OC(F)(F)F)c4)CC3)C2)C1. The molecule has 0 aromatic heterocycles. The van der Waals surface area contributed by atoms with Gasteiger partial charge in [-0.25, -0.2) is 0 Å². The topological polar surface area (TPSA) is 59.0 Å². The number of aliphatic hydroxyl groups is 1. The van der Waals surface area contributed by atoms with Crippen molar-refractivity contribution in [2.24, 2.45) is 11.3 Å². The molecule has 0 atom stereocenters. The van der Waals surface area contributed by atoms with Gasteiger partial charge in [-0.05, 0) is 57.6 Å². The molecule has 0 radical (unpaired) electrons. The predicted octanol–water partition coefficient (Wildman–Crippen LogP) is 3.90. The second kappa shape index (κ2) is 7.07. The molecule has 0 bridgehead atoms. The van der Waals surface area contributed by atoms with Crippen LogP contribution in [0.3, 0.4) is 0 Å². The Morgan fingerprint density at radius 3 is 2.38 bits per heavy atom. The minimum atomic E-state index is -4.72. The van der Waals surface area contributed by atoms with Crippen molar-refractivity contribution in [2.75, 3.05) is 13.1 Å².